The van der Waals surface area contributed by atoms with Crippen LogP contribution < -0.4 is 0 Å². The third-order valence-electron chi connectivity index (χ3n) is 3.18. The lowest BCUT2D eigenvalue weighted by Crippen LogP contribution is -2.28. The minimum absolute atomic E-state index is 0.0123. The maximum Gasteiger partial charge on any atom is 0.188 e. The fourth-order valence-electron chi connectivity index (χ4n) is 2.56. The van der Waals surface area contributed by atoms with E-state index in [2.05, 4.69) is 18.1 Å². The molecule has 1 aromatic rings. The third-order valence-corrected chi connectivity index (χ3v) is 3.44. The summed E-state index contributed by atoms with van der Waals surface area (Å²) in [6, 6.07) is 3.74. The number of halogens is 2. The molecule has 0 N–H and O–H groups in total. The molecule has 0 unspecified atom stereocenters. The molecule has 0 saturated heterocycles. The van der Waals surface area contributed by atoms with Crippen LogP contribution in [0.3, 0.4) is 0 Å². The number of Topliss-reactive ketones (excluding diaryl/α,β-unsaturated/α-hetero) is 1. The lowest BCUT2D eigenvalue weighted by atomic mass is 9.77. The summed E-state index contributed by atoms with van der Waals surface area (Å²) in [7, 11) is 0. The summed E-state index contributed by atoms with van der Waals surface area (Å²) >= 11 is 11.8. The van der Waals surface area contributed by atoms with Gasteiger partial charge in [0.2, 0.25) is 0 Å². The fraction of sp³-hybridized carbons (Fsp3) is 0.286. The Morgan fingerprint density at radius 3 is 2.44 bits per heavy atom. The largest absolute Gasteiger partial charge is 0.292 e. The van der Waals surface area contributed by atoms with Crippen molar-refractivity contribution < 1.29 is 4.79 Å². The number of carbonyl (C=O) groups is 1. The Morgan fingerprint density at radius 2 is 1.94 bits per heavy atom. The summed E-state index contributed by atoms with van der Waals surface area (Å²) in [6.07, 6.45) is 3.01. The summed E-state index contributed by atoms with van der Waals surface area (Å²) in [6.45, 7) is 7.38. The highest BCUT2D eigenvalue weighted by Crippen LogP contribution is 2.45. The number of carbonyl (C=O) groups excluding carboxylic acids is 1. The molecule has 0 saturated carbocycles. The van der Waals surface area contributed by atoms with Gasteiger partial charge in [-0.25, -0.2) is 0 Å². The van der Waals surface area contributed by atoms with E-state index in [4.69, 9.17) is 23.2 Å². The molecule has 0 radical (unpaired) electrons. The number of fused-ring (bicyclic) bond motifs is 1. The van der Waals surface area contributed by atoms with Crippen LogP contribution in [-0.4, -0.2) is 10.8 Å². The number of aromatic nitrogens is 1. The summed E-state index contributed by atoms with van der Waals surface area (Å²) < 4.78 is 0. The maximum absolute atomic E-state index is 12.5. The van der Waals surface area contributed by atoms with Gasteiger partial charge in [-0.15, -0.1) is 0 Å². The second-order valence-corrected chi connectivity index (χ2v) is 5.75. The Kier molecular flexibility index (Phi) is 3.60. The summed E-state index contributed by atoms with van der Waals surface area (Å²) in [5.74, 6) is -0.0123. The molecule has 0 fully saturated rings. The number of nitrogens with zero attached hydrogens (tertiary/aromatic N) is 1. The lowest BCUT2D eigenvalue weighted by molar-refractivity contribution is 0.0817. The molecule has 0 aromatic carbocycles. The molecular weight excluding hydrogens is 269 g/mol. The molecule has 18 heavy (non-hydrogen) atoms. The van der Waals surface area contributed by atoms with Crippen LogP contribution in [0.5, 0.6) is 0 Å². The molecule has 0 spiro atoms. The van der Waals surface area contributed by atoms with Crippen molar-refractivity contribution >= 4 is 29.0 Å². The standard InChI is InChI=1S/C14H13Cl2NO/c1-9(15)6-14(7-10(2)16)8-11-4-3-5-17-12(11)13(14)18/h3-5H,1-2,6-8H2. The van der Waals surface area contributed by atoms with Crippen molar-refractivity contribution in [3.63, 3.8) is 0 Å². The summed E-state index contributed by atoms with van der Waals surface area (Å²) in [5, 5.41) is 0.906. The maximum atomic E-state index is 12.5. The number of rotatable bonds is 4. The average molecular weight is 282 g/mol. The quantitative estimate of drug-likeness (QED) is 0.832. The zero-order chi connectivity index (χ0) is 13.3. The number of hydrogen-bond donors (Lipinski definition) is 0. The Morgan fingerprint density at radius 1 is 1.33 bits per heavy atom. The predicted molar refractivity (Wildman–Crippen MR) is 73.9 cm³/mol. The van der Waals surface area contributed by atoms with E-state index in [1.807, 2.05) is 12.1 Å². The van der Waals surface area contributed by atoms with E-state index in [1.54, 1.807) is 6.20 Å². The Bertz CT molecular complexity index is 520. The van der Waals surface area contributed by atoms with Gasteiger partial charge in [-0.1, -0.05) is 42.4 Å². The van der Waals surface area contributed by atoms with Gasteiger partial charge in [0.15, 0.2) is 5.78 Å². The van der Waals surface area contributed by atoms with Gasteiger partial charge in [0.1, 0.15) is 5.69 Å². The molecule has 2 nitrogen and oxygen atoms in total. The van der Waals surface area contributed by atoms with E-state index < -0.39 is 5.41 Å². The van der Waals surface area contributed by atoms with Crippen molar-refractivity contribution in [3.8, 4) is 0 Å². The molecule has 0 amide bonds. The molecule has 0 aliphatic heterocycles. The topological polar surface area (TPSA) is 30.0 Å². The average Bonchev–Trinajstić information content (AvgIpc) is 2.51. The second-order valence-electron chi connectivity index (χ2n) is 4.69. The molecule has 4 heteroatoms. The van der Waals surface area contributed by atoms with Crippen LogP contribution in [0.15, 0.2) is 41.6 Å². The predicted octanol–water partition coefficient (Wildman–Crippen LogP) is 4.09. The molecule has 1 heterocycles. The van der Waals surface area contributed by atoms with Crippen LogP contribution in [0.1, 0.15) is 28.9 Å². The number of allylic oxidation sites excluding steroid dienone is 2. The van der Waals surface area contributed by atoms with Gasteiger partial charge in [0, 0.05) is 21.7 Å². The van der Waals surface area contributed by atoms with Crippen molar-refractivity contribution in [1.29, 1.82) is 0 Å². The van der Waals surface area contributed by atoms with E-state index >= 15 is 0 Å². The number of hydrogen-bond acceptors (Lipinski definition) is 2. The molecule has 0 bridgehead atoms. The van der Waals surface area contributed by atoms with Crippen LogP contribution in [0.4, 0.5) is 0 Å². The van der Waals surface area contributed by atoms with Crippen LogP contribution in [0, 0.1) is 5.41 Å². The van der Waals surface area contributed by atoms with E-state index in [1.165, 1.54) is 0 Å². The van der Waals surface area contributed by atoms with Crippen molar-refractivity contribution in [1.82, 2.24) is 4.98 Å². The summed E-state index contributed by atoms with van der Waals surface area (Å²) in [5.41, 5.74) is 0.806. The zero-order valence-electron chi connectivity index (χ0n) is 9.88. The van der Waals surface area contributed by atoms with Gasteiger partial charge in [0.25, 0.3) is 0 Å². The lowest BCUT2D eigenvalue weighted by Gasteiger charge is -2.26. The molecule has 2 rings (SSSR count). The highest BCUT2D eigenvalue weighted by molar-refractivity contribution is 6.30. The molecule has 0 atom stereocenters. The van der Waals surface area contributed by atoms with E-state index in [9.17, 15) is 4.79 Å². The van der Waals surface area contributed by atoms with Crippen molar-refractivity contribution in [2.75, 3.05) is 0 Å². The minimum Gasteiger partial charge on any atom is -0.292 e. The zero-order valence-corrected chi connectivity index (χ0v) is 11.4. The monoisotopic (exact) mass is 281 g/mol. The van der Waals surface area contributed by atoms with Gasteiger partial charge in [0.05, 0.1) is 0 Å². The number of ketones is 1. The van der Waals surface area contributed by atoms with Crippen molar-refractivity contribution in [2.45, 2.75) is 19.3 Å². The highest BCUT2D eigenvalue weighted by atomic mass is 35.5. The van der Waals surface area contributed by atoms with Gasteiger partial charge < -0.3 is 0 Å². The molecule has 1 aromatic heterocycles. The van der Waals surface area contributed by atoms with Crippen LogP contribution >= 0.6 is 23.2 Å². The van der Waals surface area contributed by atoms with Crippen LogP contribution in [-0.2, 0) is 6.42 Å². The fourth-order valence-corrected chi connectivity index (χ4v) is 3.08. The third kappa shape index (κ3) is 2.36. The second kappa shape index (κ2) is 4.87. The van der Waals surface area contributed by atoms with Crippen molar-refractivity contribution in [2.24, 2.45) is 5.41 Å². The first-order valence-electron chi connectivity index (χ1n) is 5.60. The SMILES string of the molecule is C=C(Cl)CC1(CC(=C)Cl)Cc2cccnc2C1=O. The smallest absolute Gasteiger partial charge is 0.188 e. The van der Waals surface area contributed by atoms with Crippen LogP contribution in [0.25, 0.3) is 0 Å². The first-order chi connectivity index (χ1) is 8.44. The van der Waals surface area contributed by atoms with Gasteiger partial charge >= 0.3 is 0 Å². The number of pyridine rings is 1. The Hall–Kier alpha value is -1.12. The normalized spacial score (nSPS) is 16.4. The first-order valence-corrected chi connectivity index (χ1v) is 6.35. The van der Waals surface area contributed by atoms with Gasteiger partial charge in [-0.05, 0) is 30.9 Å². The Balaban J connectivity index is 2.43. The first kappa shape index (κ1) is 13.3. The molecule has 94 valence electrons. The van der Waals surface area contributed by atoms with Gasteiger partial charge in [-0.3, -0.25) is 9.78 Å². The molecular formula is C14H13Cl2NO. The van der Waals surface area contributed by atoms with Crippen LogP contribution in [0.2, 0.25) is 0 Å². The summed E-state index contributed by atoms with van der Waals surface area (Å²) in [4.78, 5) is 16.7. The Labute approximate surface area is 116 Å². The van der Waals surface area contributed by atoms with Crippen molar-refractivity contribution in [3.05, 3.63) is 52.8 Å². The minimum atomic E-state index is -0.658. The van der Waals surface area contributed by atoms with E-state index in [0.29, 0.717) is 35.0 Å². The molecule has 1 aliphatic carbocycles. The van der Waals surface area contributed by atoms with E-state index in [-0.39, 0.29) is 5.78 Å². The highest BCUT2D eigenvalue weighted by Gasteiger charge is 2.46. The van der Waals surface area contributed by atoms with Gasteiger partial charge in [-0.2, -0.15) is 0 Å². The van der Waals surface area contributed by atoms with E-state index in [0.717, 1.165) is 5.56 Å². The molecule has 1 aliphatic rings.